The highest BCUT2D eigenvalue weighted by molar-refractivity contribution is 6.37. The van der Waals surface area contributed by atoms with E-state index in [0.29, 0.717) is 16.4 Å². The molecule has 0 spiro atoms. The quantitative estimate of drug-likeness (QED) is 0.337. The number of hydrogen-bond donors (Lipinski definition) is 0. The van der Waals surface area contributed by atoms with Crippen molar-refractivity contribution in [1.29, 1.82) is 0 Å². The van der Waals surface area contributed by atoms with Crippen LogP contribution in [-0.2, 0) is 0 Å². The van der Waals surface area contributed by atoms with Crippen LogP contribution in [0.4, 0.5) is 5.69 Å². The van der Waals surface area contributed by atoms with E-state index in [1.165, 1.54) is 0 Å². The van der Waals surface area contributed by atoms with E-state index in [0.717, 1.165) is 16.2 Å². The lowest BCUT2D eigenvalue weighted by atomic mass is 10.1. The Morgan fingerprint density at radius 1 is 1.18 bits per heavy atom. The summed E-state index contributed by atoms with van der Waals surface area (Å²) in [6, 6.07) is 7.39. The van der Waals surface area contributed by atoms with Crippen molar-refractivity contribution in [3.05, 3.63) is 53.2 Å². The molecule has 0 amide bonds. The van der Waals surface area contributed by atoms with Gasteiger partial charge in [0.15, 0.2) is 0 Å². The maximum absolute atomic E-state index is 7.19. The van der Waals surface area contributed by atoms with Gasteiger partial charge >= 0.3 is 0 Å². The summed E-state index contributed by atoms with van der Waals surface area (Å²) in [6.45, 7) is 7.19. The predicted octanol–water partition coefficient (Wildman–Crippen LogP) is 3.99. The van der Waals surface area contributed by atoms with Gasteiger partial charge in [-0.25, -0.2) is 9.83 Å². The highest BCUT2D eigenvalue weighted by Gasteiger charge is 2.09. The molecule has 2 aromatic heterocycles. The molecule has 17 heavy (non-hydrogen) atoms. The number of aromatic nitrogens is 2. The summed E-state index contributed by atoms with van der Waals surface area (Å²) in [5, 5.41) is 3.08. The average molecular weight is 240 g/mol. The summed E-state index contributed by atoms with van der Waals surface area (Å²) in [6.07, 6.45) is 3.31. The summed E-state index contributed by atoms with van der Waals surface area (Å²) in [4.78, 5) is 11.8. The number of halogens is 1. The van der Waals surface area contributed by atoms with Gasteiger partial charge in [0.2, 0.25) is 5.69 Å². The van der Waals surface area contributed by atoms with Gasteiger partial charge < -0.3 is 0 Å². The first-order valence-electron chi connectivity index (χ1n) is 5.00. The van der Waals surface area contributed by atoms with Gasteiger partial charge in [-0.2, -0.15) is 0 Å². The fraction of sp³-hybridized carbons (Fsp3) is 0. The van der Waals surface area contributed by atoms with Gasteiger partial charge in [0, 0.05) is 23.2 Å². The third-order valence-electron chi connectivity index (χ3n) is 2.67. The van der Waals surface area contributed by atoms with Crippen molar-refractivity contribution in [2.24, 2.45) is 0 Å². The molecule has 0 N–H and O–H groups in total. The van der Waals surface area contributed by atoms with Crippen molar-refractivity contribution in [1.82, 2.24) is 9.97 Å². The lowest BCUT2D eigenvalue weighted by molar-refractivity contribution is 1.36. The molecule has 3 rings (SSSR count). The summed E-state index contributed by atoms with van der Waals surface area (Å²) < 4.78 is 0. The average Bonchev–Trinajstić information content (AvgIpc) is 2.37. The molecule has 4 heteroatoms. The monoisotopic (exact) mass is 239 g/mol. The number of rotatable bonds is 0. The molecule has 0 bridgehead atoms. The molecule has 0 fully saturated rings. The van der Waals surface area contributed by atoms with E-state index in [9.17, 15) is 0 Å². The van der Waals surface area contributed by atoms with Crippen LogP contribution in [0.15, 0.2) is 36.7 Å². The van der Waals surface area contributed by atoms with Crippen molar-refractivity contribution in [2.75, 3.05) is 0 Å². The van der Waals surface area contributed by atoms with Gasteiger partial charge in [-0.05, 0) is 23.6 Å². The molecular formula is C13H6ClN3. The van der Waals surface area contributed by atoms with Crippen LogP contribution in [0.25, 0.3) is 26.5 Å². The Kier molecular flexibility index (Phi) is 2.17. The van der Waals surface area contributed by atoms with E-state index in [4.69, 9.17) is 18.2 Å². The number of pyridine rings is 2. The standard InChI is InChI=1S/C13H6ClN3/c1-15-10-7-8-4-6-17-13(14)11(8)9-3-2-5-16-12(9)10/h2-7H. The molecule has 80 valence electrons. The van der Waals surface area contributed by atoms with Gasteiger partial charge in [-0.15, -0.1) is 0 Å². The summed E-state index contributed by atoms with van der Waals surface area (Å²) >= 11 is 6.12. The first-order chi connectivity index (χ1) is 8.31. The fourth-order valence-corrected chi connectivity index (χ4v) is 2.22. The molecule has 0 atom stereocenters. The zero-order chi connectivity index (χ0) is 11.8. The zero-order valence-electron chi connectivity index (χ0n) is 8.68. The molecule has 2 heterocycles. The molecule has 0 aliphatic heterocycles. The van der Waals surface area contributed by atoms with E-state index in [-0.39, 0.29) is 0 Å². The maximum Gasteiger partial charge on any atom is 0.213 e. The van der Waals surface area contributed by atoms with Crippen LogP contribution >= 0.6 is 11.6 Å². The first-order valence-corrected chi connectivity index (χ1v) is 5.38. The lowest BCUT2D eigenvalue weighted by Crippen LogP contribution is -1.84. The molecule has 1 aromatic carbocycles. The Bertz CT molecular complexity index is 775. The van der Waals surface area contributed by atoms with Crippen molar-refractivity contribution >= 4 is 39.0 Å². The first kappa shape index (κ1) is 10.0. The minimum atomic E-state index is 0.442. The van der Waals surface area contributed by atoms with Crippen LogP contribution in [0.5, 0.6) is 0 Å². The maximum atomic E-state index is 7.19. The summed E-state index contributed by atoms with van der Waals surface area (Å²) in [7, 11) is 0. The normalized spacial score (nSPS) is 10.6. The Hall–Kier alpha value is -2.18. The lowest BCUT2D eigenvalue weighted by Gasteiger charge is -2.06. The second-order valence-corrected chi connectivity index (χ2v) is 3.96. The highest BCUT2D eigenvalue weighted by atomic mass is 35.5. The number of benzene rings is 1. The molecule has 3 aromatic rings. The molecule has 3 nitrogen and oxygen atoms in total. The van der Waals surface area contributed by atoms with Crippen molar-refractivity contribution in [2.45, 2.75) is 0 Å². The second kappa shape index (κ2) is 3.69. The Morgan fingerprint density at radius 2 is 2.06 bits per heavy atom. The molecule has 0 saturated heterocycles. The minimum absolute atomic E-state index is 0.442. The molecule has 0 unspecified atom stereocenters. The Balaban J connectivity index is 2.67. The molecule has 0 radical (unpaired) electrons. The molecular weight excluding hydrogens is 234 g/mol. The molecule has 0 aliphatic rings. The number of nitrogens with zero attached hydrogens (tertiary/aromatic N) is 3. The topological polar surface area (TPSA) is 30.1 Å². The third kappa shape index (κ3) is 1.42. The van der Waals surface area contributed by atoms with Crippen molar-refractivity contribution < 1.29 is 0 Å². The van der Waals surface area contributed by atoms with Gasteiger partial charge in [0.05, 0.1) is 12.1 Å². The van der Waals surface area contributed by atoms with Gasteiger partial charge in [0.1, 0.15) is 5.15 Å². The minimum Gasteiger partial charge on any atom is -0.268 e. The molecule has 0 aliphatic carbocycles. The fourth-order valence-electron chi connectivity index (χ4n) is 1.95. The summed E-state index contributed by atoms with van der Waals surface area (Å²) in [5.74, 6) is 0. The van der Waals surface area contributed by atoms with Crippen LogP contribution in [0, 0.1) is 6.57 Å². The Morgan fingerprint density at radius 3 is 2.88 bits per heavy atom. The zero-order valence-corrected chi connectivity index (χ0v) is 9.44. The molecule has 0 saturated carbocycles. The van der Waals surface area contributed by atoms with Gasteiger partial charge in [-0.3, -0.25) is 4.98 Å². The number of hydrogen-bond acceptors (Lipinski definition) is 2. The smallest absolute Gasteiger partial charge is 0.213 e. The van der Waals surface area contributed by atoms with E-state index in [1.807, 2.05) is 18.2 Å². The SMILES string of the molecule is [C-]#[N+]c1cc2ccnc(Cl)c2c2cccnc12. The highest BCUT2D eigenvalue weighted by Crippen LogP contribution is 2.34. The predicted molar refractivity (Wildman–Crippen MR) is 68.3 cm³/mol. The number of fused-ring (bicyclic) bond motifs is 3. The van der Waals surface area contributed by atoms with Crippen LogP contribution in [-0.4, -0.2) is 9.97 Å². The summed E-state index contributed by atoms with van der Waals surface area (Å²) in [5.41, 5.74) is 1.21. The van der Waals surface area contributed by atoms with E-state index < -0.39 is 0 Å². The van der Waals surface area contributed by atoms with Crippen molar-refractivity contribution in [3.63, 3.8) is 0 Å². The van der Waals surface area contributed by atoms with Gasteiger partial charge in [0.25, 0.3) is 0 Å². The van der Waals surface area contributed by atoms with Crippen molar-refractivity contribution in [3.8, 4) is 0 Å². The second-order valence-electron chi connectivity index (χ2n) is 3.61. The van der Waals surface area contributed by atoms with Crippen LogP contribution in [0.1, 0.15) is 0 Å². The van der Waals surface area contributed by atoms with E-state index >= 15 is 0 Å². The van der Waals surface area contributed by atoms with Crippen LogP contribution < -0.4 is 0 Å². The third-order valence-corrected chi connectivity index (χ3v) is 2.96. The van der Waals surface area contributed by atoms with Crippen LogP contribution in [0.3, 0.4) is 0 Å². The van der Waals surface area contributed by atoms with Gasteiger partial charge in [-0.1, -0.05) is 17.7 Å². The largest absolute Gasteiger partial charge is 0.268 e. The van der Waals surface area contributed by atoms with E-state index in [2.05, 4.69) is 14.8 Å². The Labute approximate surface area is 103 Å². The van der Waals surface area contributed by atoms with E-state index in [1.54, 1.807) is 18.5 Å². The van der Waals surface area contributed by atoms with Crippen LogP contribution in [0.2, 0.25) is 5.15 Å².